The molecule has 0 saturated heterocycles. The van der Waals surface area contributed by atoms with Crippen molar-refractivity contribution in [2.24, 2.45) is 0 Å². The molecule has 0 amide bonds. The van der Waals surface area contributed by atoms with E-state index < -0.39 is 18.3 Å². The van der Waals surface area contributed by atoms with Crippen molar-refractivity contribution in [1.29, 1.82) is 0 Å². The number of aliphatic hydroxyl groups excluding tert-OH is 1. The van der Waals surface area contributed by atoms with Crippen molar-refractivity contribution in [1.82, 2.24) is 0 Å². The van der Waals surface area contributed by atoms with E-state index in [1.807, 2.05) is 91.0 Å². The van der Waals surface area contributed by atoms with Crippen LogP contribution in [0.5, 0.6) is 0 Å². The second-order valence-corrected chi connectivity index (χ2v) is 7.18. The molecular formula is C26H28O5. The number of aliphatic hydroxyl groups is 1. The molecule has 3 aromatic carbocycles. The first-order valence-corrected chi connectivity index (χ1v) is 10.3. The molecule has 0 spiro atoms. The maximum atomic E-state index is 11.9. The molecule has 3 aromatic rings. The third kappa shape index (κ3) is 7.42. The molecule has 3 rings (SSSR count). The first-order valence-electron chi connectivity index (χ1n) is 10.3. The summed E-state index contributed by atoms with van der Waals surface area (Å²) in [6.45, 7) is 0.523. The third-order valence-corrected chi connectivity index (χ3v) is 4.88. The van der Waals surface area contributed by atoms with E-state index in [9.17, 15) is 9.90 Å². The molecular weight excluding hydrogens is 392 g/mol. The van der Waals surface area contributed by atoms with E-state index in [4.69, 9.17) is 14.2 Å². The van der Waals surface area contributed by atoms with Gasteiger partial charge in [0.1, 0.15) is 18.3 Å². The zero-order valence-corrected chi connectivity index (χ0v) is 17.4. The minimum atomic E-state index is -0.892. The highest BCUT2D eigenvalue weighted by atomic mass is 16.6. The van der Waals surface area contributed by atoms with Crippen molar-refractivity contribution in [2.75, 3.05) is 6.61 Å². The molecule has 5 nitrogen and oxygen atoms in total. The molecule has 0 aliphatic carbocycles. The van der Waals surface area contributed by atoms with E-state index in [-0.39, 0.29) is 19.8 Å². The largest absolute Gasteiger partial charge is 0.394 e. The van der Waals surface area contributed by atoms with Gasteiger partial charge in [-0.3, -0.25) is 0 Å². The van der Waals surface area contributed by atoms with Crippen molar-refractivity contribution in [2.45, 2.75) is 38.1 Å². The summed E-state index contributed by atoms with van der Waals surface area (Å²) in [4.78, 5) is 11.9. The summed E-state index contributed by atoms with van der Waals surface area (Å²) >= 11 is 0. The summed E-state index contributed by atoms with van der Waals surface area (Å²) in [6, 6.07) is 28.9. The Bertz CT molecular complexity index is 870. The Morgan fingerprint density at radius 1 is 0.645 bits per heavy atom. The molecule has 162 valence electrons. The lowest BCUT2D eigenvalue weighted by Gasteiger charge is -2.30. The molecule has 31 heavy (non-hydrogen) atoms. The van der Waals surface area contributed by atoms with Crippen LogP contribution in [-0.2, 0) is 38.8 Å². The van der Waals surface area contributed by atoms with Crippen LogP contribution in [0.15, 0.2) is 91.0 Å². The van der Waals surface area contributed by atoms with Crippen LogP contribution in [0.2, 0.25) is 0 Å². The van der Waals surface area contributed by atoms with Crippen molar-refractivity contribution < 1.29 is 24.1 Å². The number of carbonyl (C=O) groups excluding carboxylic acids is 1. The van der Waals surface area contributed by atoms with Gasteiger partial charge in [0.2, 0.25) is 0 Å². The molecule has 3 atom stereocenters. The van der Waals surface area contributed by atoms with Gasteiger partial charge in [-0.15, -0.1) is 0 Å². The van der Waals surface area contributed by atoms with Gasteiger partial charge < -0.3 is 24.1 Å². The Morgan fingerprint density at radius 2 is 1.06 bits per heavy atom. The Morgan fingerprint density at radius 3 is 1.48 bits per heavy atom. The molecule has 0 aliphatic heterocycles. The Balaban J connectivity index is 1.71. The van der Waals surface area contributed by atoms with Gasteiger partial charge in [-0.2, -0.15) is 0 Å². The third-order valence-electron chi connectivity index (χ3n) is 4.88. The number of aldehydes is 1. The molecule has 5 heteroatoms. The SMILES string of the molecule is O=C[C@H](OCc1ccccc1)[C@@H](OCc1ccccc1)[C@H](CO)OCc1ccccc1. The first kappa shape index (κ1) is 22.8. The van der Waals surface area contributed by atoms with E-state index >= 15 is 0 Å². The fourth-order valence-electron chi connectivity index (χ4n) is 3.19. The number of benzene rings is 3. The van der Waals surface area contributed by atoms with E-state index in [1.165, 1.54) is 0 Å². The lowest BCUT2D eigenvalue weighted by Crippen LogP contribution is -2.45. The average molecular weight is 421 g/mol. The summed E-state index contributed by atoms with van der Waals surface area (Å²) < 4.78 is 17.9. The van der Waals surface area contributed by atoms with E-state index in [0.29, 0.717) is 12.9 Å². The smallest absolute Gasteiger partial charge is 0.151 e. The van der Waals surface area contributed by atoms with Crippen molar-refractivity contribution >= 4 is 6.29 Å². The second-order valence-electron chi connectivity index (χ2n) is 7.18. The highest BCUT2D eigenvalue weighted by Crippen LogP contribution is 2.17. The van der Waals surface area contributed by atoms with Crippen LogP contribution in [0, 0.1) is 0 Å². The van der Waals surface area contributed by atoms with Crippen LogP contribution in [0.3, 0.4) is 0 Å². The predicted molar refractivity (Wildman–Crippen MR) is 118 cm³/mol. The highest BCUT2D eigenvalue weighted by molar-refractivity contribution is 5.57. The van der Waals surface area contributed by atoms with Crippen molar-refractivity contribution in [3.05, 3.63) is 108 Å². The van der Waals surface area contributed by atoms with Gasteiger partial charge in [0.25, 0.3) is 0 Å². The highest BCUT2D eigenvalue weighted by Gasteiger charge is 2.32. The van der Waals surface area contributed by atoms with E-state index in [0.717, 1.165) is 16.7 Å². The van der Waals surface area contributed by atoms with Gasteiger partial charge in [-0.25, -0.2) is 0 Å². The summed E-state index contributed by atoms with van der Waals surface area (Å²) in [6.07, 6.45) is -1.67. The number of hydrogen-bond acceptors (Lipinski definition) is 5. The fourth-order valence-corrected chi connectivity index (χ4v) is 3.19. The number of rotatable bonds is 13. The van der Waals surface area contributed by atoms with Crippen molar-refractivity contribution in [3.63, 3.8) is 0 Å². The maximum absolute atomic E-state index is 11.9. The number of carbonyl (C=O) groups is 1. The van der Waals surface area contributed by atoms with Gasteiger partial charge >= 0.3 is 0 Å². The van der Waals surface area contributed by atoms with E-state index in [1.54, 1.807) is 0 Å². The van der Waals surface area contributed by atoms with Gasteiger partial charge in [0.15, 0.2) is 6.29 Å². The minimum Gasteiger partial charge on any atom is -0.394 e. The normalized spacial score (nSPS) is 14.0. The molecule has 0 aromatic heterocycles. The Kier molecular flexibility index (Phi) is 9.41. The monoisotopic (exact) mass is 420 g/mol. The van der Waals surface area contributed by atoms with Crippen LogP contribution >= 0.6 is 0 Å². The molecule has 0 saturated carbocycles. The van der Waals surface area contributed by atoms with Crippen LogP contribution in [0.4, 0.5) is 0 Å². The zero-order chi connectivity index (χ0) is 21.7. The maximum Gasteiger partial charge on any atom is 0.151 e. The lowest BCUT2D eigenvalue weighted by atomic mass is 10.1. The molecule has 0 heterocycles. The molecule has 0 fully saturated rings. The quantitative estimate of drug-likeness (QED) is 0.425. The number of hydrogen-bond donors (Lipinski definition) is 1. The lowest BCUT2D eigenvalue weighted by molar-refractivity contribution is -0.165. The molecule has 0 bridgehead atoms. The summed E-state index contributed by atoms with van der Waals surface area (Å²) in [5, 5.41) is 10.0. The van der Waals surface area contributed by atoms with Gasteiger partial charge in [-0.05, 0) is 16.7 Å². The summed E-state index contributed by atoms with van der Waals surface area (Å²) in [7, 11) is 0. The Hall–Kier alpha value is -2.83. The van der Waals surface area contributed by atoms with Crippen LogP contribution in [0.1, 0.15) is 16.7 Å². The predicted octanol–water partition coefficient (Wildman–Crippen LogP) is 3.93. The van der Waals surface area contributed by atoms with Gasteiger partial charge in [0.05, 0.1) is 26.4 Å². The summed E-state index contributed by atoms with van der Waals surface area (Å²) in [5.41, 5.74) is 2.87. The number of ether oxygens (including phenoxy) is 3. The first-order chi connectivity index (χ1) is 15.3. The molecule has 0 radical (unpaired) electrons. The molecule has 0 aliphatic rings. The van der Waals surface area contributed by atoms with Gasteiger partial charge in [0, 0.05) is 0 Å². The summed E-state index contributed by atoms with van der Waals surface area (Å²) in [5.74, 6) is 0. The Labute approximate surface area is 183 Å². The zero-order valence-electron chi connectivity index (χ0n) is 17.4. The minimum absolute atomic E-state index is 0.256. The standard InChI is InChI=1S/C26H28O5/c27-16-24(29-18-21-10-4-1-5-11-21)26(31-20-23-14-8-3-9-15-23)25(17-28)30-19-22-12-6-2-7-13-22/h1-16,24-26,28H,17-20H2/t24-,25-,26+/m0/s1. The average Bonchev–Trinajstić information content (AvgIpc) is 2.84. The van der Waals surface area contributed by atoms with Crippen LogP contribution < -0.4 is 0 Å². The second kappa shape index (κ2) is 12.8. The van der Waals surface area contributed by atoms with Crippen LogP contribution in [0.25, 0.3) is 0 Å². The topological polar surface area (TPSA) is 65.0 Å². The van der Waals surface area contributed by atoms with Crippen molar-refractivity contribution in [3.8, 4) is 0 Å². The molecule has 1 N–H and O–H groups in total. The fraction of sp³-hybridized carbons (Fsp3) is 0.269. The molecule has 0 unspecified atom stereocenters. The van der Waals surface area contributed by atoms with Gasteiger partial charge in [-0.1, -0.05) is 91.0 Å². The van der Waals surface area contributed by atoms with E-state index in [2.05, 4.69) is 0 Å². The van der Waals surface area contributed by atoms with Crippen LogP contribution in [-0.4, -0.2) is 36.3 Å².